The summed E-state index contributed by atoms with van der Waals surface area (Å²) in [5.41, 5.74) is 1.34. The maximum Gasteiger partial charge on any atom is 0.426 e. The van der Waals surface area contributed by atoms with Crippen molar-refractivity contribution in [2.45, 2.75) is 6.18 Å². The molecule has 2 aromatic heterocycles. The van der Waals surface area contributed by atoms with E-state index in [0.717, 1.165) is 0 Å². The SMILES string of the molecule is O=C(Nc1ccc(O)cc1)Nc1cc(-c2cc(-c3ccccc3)c(C(F)(F)F)s2)[nH]n1. The molecule has 0 saturated heterocycles. The average Bonchev–Trinajstić information content (AvgIpc) is 3.37. The van der Waals surface area contributed by atoms with Crippen molar-refractivity contribution < 1.29 is 23.1 Å². The van der Waals surface area contributed by atoms with Gasteiger partial charge in [-0.3, -0.25) is 10.4 Å². The first-order valence-corrected chi connectivity index (χ1v) is 9.80. The van der Waals surface area contributed by atoms with Gasteiger partial charge in [0.15, 0.2) is 5.82 Å². The molecule has 0 aliphatic heterocycles. The lowest BCUT2D eigenvalue weighted by Gasteiger charge is -2.07. The van der Waals surface area contributed by atoms with E-state index < -0.39 is 17.1 Å². The van der Waals surface area contributed by atoms with E-state index in [1.165, 1.54) is 36.4 Å². The van der Waals surface area contributed by atoms with Crippen LogP contribution in [-0.2, 0) is 6.18 Å². The Hall–Kier alpha value is -3.79. The van der Waals surface area contributed by atoms with Crippen molar-refractivity contribution in [2.75, 3.05) is 10.6 Å². The maximum atomic E-state index is 13.6. The zero-order valence-corrected chi connectivity index (χ0v) is 16.5. The molecule has 2 amide bonds. The molecule has 0 spiro atoms. The van der Waals surface area contributed by atoms with Gasteiger partial charge in [0.1, 0.15) is 10.6 Å². The van der Waals surface area contributed by atoms with Gasteiger partial charge >= 0.3 is 12.2 Å². The second-order valence-corrected chi connectivity index (χ2v) is 7.56. The van der Waals surface area contributed by atoms with E-state index >= 15 is 0 Å². The van der Waals surface area contributed by atoms with E-state index in [2.05, 4.69) is 20.8 Å². The van der Waals surface area contributed by atoms with Crippen LogP contribution in [0.4, 0.5) is 29.5 Å². The Bertz CT molecular complexity index is 1200. The molecule has 10 heteroatoms. The molecule has 4 N–H and O–H groups in total. The van der Waals surface area contributed by atoms with Gasteiger partial charge in [0, 0.05) is 17.3 Å². The predicted molar refractivity (Wildman–Crippen MR) is 113 cm³/mol. The number of rotatable bonds is 4. The lowest BCUT2D eigenvalue weighted by Crippen LogP contribution is -2.19. The minimum atomic E-state index is -4.50. The minimum absolute atomic E-state index is 0.0620. The van der Waals surface area contributed by atoms with Crippen molar-refractivity contribution in [3.8, 4) is 27.4 Å². The molecule has 4 rings (SSSR count). The number of aromatic hydroxyl groups is 1. The third kappa shape index (κ3) is 4.69. The fraction of sp³-hybridized carbons (Fsp3) is 0.0476. The number of anilines is 2. The number of nitrogens with one attached hydrogen (secondary N) is 3. The number of carbonyl (C=O) groups is 1. The lowest BCUT2D eigenvalue weighted by atomic mass is 10.1. The minimum Gasteiger partial charge on any atom is -0.508 e. The van der Waals surface area contributed by atoms with Gasteiger partial charge in [0.05, 0.1) is 10.6 Å². The zero-order valence-electron chi connectivity index (χ0n) is 15.7. The molecule has 0 saturated carbocycles. The summed E-state index contributed by atoms with van der Waals surface area (Å²) in [7, 11) is 0. The van der Waals surface area contributed by atoms with Crippen LogP contribution < -0.4 is 10.6 Å². The summed E-state index contributed by atoms with van der Waals surface area (Å²) in [4.78, 5) is 11.7. The van der Waals surface area contributed by atoms with Crippen LogP contribution in [0.3, 0.4) is 0 Å². The normalized spacial score (nSPS) is 11.3. The van der Waals surface area contributed by atoms with Gasteiger partial charge in [0.25, 0.3) is 0 Å². The van der Waals surface area contributed by atoms with E-state index in [0.29, 0.717) is 33.2 Å². The summed E-state index contributed by atoms with van der Waals surface area (Å²) < 4.78 is 40.7. The smallest absolute Gasteiger partial charge is 0.426 e. The van der Waals surface area contributed by atoms with Crippen LogP contribution >= 0.6 is 11.3 Å². The molecular formula is C21H15F3N4O2S. The number of nitrogens with zero attached hydrogens (tertiary/aromatic N) is 1. The summed E-state index contributed by atoms with van der Waals surface area (Å²) >= 11 is 0.602. The molecule has 2 heterocycles. The summed E-state index contributed by atoms with van der Waals surface area (Å²) in [6, 6.07) is 16.5. The van der Waals surface area contributed by atoms with Gasteiger partial charge in [-0.25, -0.2) is 4.79 Å². The van der Waals surface area contributed by atoms with E-state index in [-0.39, 0.29) is 17.1 Å². The second kappa shape index (κ2) is 8.15. The second-order valence-electron chi connectivity index (χ2n) is 6.51. The molecule has 31 heavy (non-hydrogen) atoms. The van der Waals surface area contributed by atoms with Gasteiger partial charge < -0.3 is 10.4 Å². The van der Waals surface area contributed by atoms with E-state index in [1.807, 2.05) is 0 Å². The van der Waals surface area contributed by atoms with Gasteiger partial charge in [-0.15, -0.1) is 11.3 Å². The molecule has 0 bridgehead atoms. The summed E-state index contributed by atoms with van der Waals surface area (Å²) in [6.45, 7) is 0. The number of phenolic OH excluding ortho intramolecular Hbond substituents is 1. The van der Waals surface area contributed by atoms with Gasteiger partial charge in [-0.05, 0) is 35.9 Å². The first-order chi connectivity index (χ1) is 14.8. The summed E-state index contributed by atoms with van der Waals surface area (Å²) in [6.07, 6.45) is -4.50. The molecule has 2 aromatic carbocycles. The third-order valence-corrected chi connectivity index (χ3v) is 5.50. The number of carbonyl (C=O) groups excluding carboxylic acids is 1. The molecule has 0 aliphatic rings. The highest BCUT2D eigenvalue weighted by atomic mass is 32.1. The zero-order chi connectivity index (χ0) is 22.0. The summed E-state index contributed by atoms with van der Waals surface area (Å²) in [5.74, 6) is 0.210. The molecule has 0 radical (unpaired) electrons. The highest BCUT2D eigenvalue weighted by Gasteiger charge is 2.36. The maximum absolute atomic E-state index is 13.6. The number of amides is 2. The van der Waals surface area contributed by atoms with Crippen molar-refractivity contribution in [2.24, 2.45) is 0 Å². The molecule has 0 fully saturated rings. The van der Waals surface area contributed by atoms with Crippen molar-refractivity contribution in [1.29, 1.82) is 0 Å². The number of urea groups is 1. The fourth-order valence-electron chi connectivity index (χ4n) is 2.90. The molecule has 6 nitrogen and oxygen atoms in total. The average molecular weight is 444 g/mol. The Balaban J connectivity index is 1.55. The third-order valence-electron chi connectivity index (χ3n) is 4.28. The lowest BCUT2D eigenvalue weighted by molar-refractivity contribution is -0.133. The van der Waals surface area contributed by atoms with E-state index in [9.17, 15) is 23.1 Å². The first-order valence-electron chi connectivity index (χ1n) is 8.99. The van der Waals surface area contributed by atoms with Gasteiger partial charge in [-0.1, -0.05) is 30.3 Å². The Kier molecular flexibility index (Phi) is 5.38. The summed E-state index contributed by atoms with van der Waals surface area (Å²) in [5, 5.41) is 20.9. The number of alkyl halides is 3. The van der Waals surface area contributed by atoms with Crippen LogP contribution in [0.1, 0.15) is 4.88 Å². The Morgan fingerprint density at radius 1 is 1.00 bits per heavy atom. The number of aromatic amines is 1. The molecule has 0 aliphatic carbocycles. The Morgan fingerprint density at radius 3 is 2.39 bits per heavy atom. The number of benzene rings is 2. The molecular weight excluding hydrogens is 429 g/mol. The number of thiophene rings is 1. The molecule has 4 aromatic rings. The number of aromatic nitrogens is 2. The first kappa shape index (κ1) is 20.5. The fourth-order valence-corrected chi connectivity index (χ4v) is 3.92. The van der Waals surface area contributed by atoms with E-state index in [1.54, 1.807) is 30.3 Å². The van der Waals surface area contributed by atoms with Crippen molar-refractivity contribution in [3.05, 3.63) is 71.6 Å². The van der Waals surface area contributed by atoms with Crippen LogP contribution in [0.5, 0.6) is 5.75 Å². The van der Waals surface area contributed by atoms with Crippen molar-refractivity contribution in [1.82, 2.24) is 10.2 Å². The largest absolute Gasteiger partial charge is 0.508 e. The van der Waals surface area contributed by atoms with Crippen LogP contribution in [0.2, 0.25) is 0 Å². The van der Waals surface area contributed by atoms with Crippen molar-refractivity contribution >= 4 is 28.9 Å². The highest BCUT2D eigenvalue weighted by molar-refractivity contribution is 7.16. The highest BCUT2D eigenvalue weighted by Crippen LogP contribution is 2.45. The number of hydrogen-bond donors (Lipinski definition) is 4. The van der Waals surface area contributed by atoms with Gasteiger partial charge in [0.2, 0.25) is 0 Å². The van der Waals surface area contributed by atoms with Gasteiger partial charge in [-0.2, -0.15) is 18.3 Å². The van der Waals surface area contributed by atoms with Crippen LogP contribution in [0.25, 0.3) is 21.7 Å². The standard InChI is InChI=1S/C21H15F3N4O2S/c22-21(23,24)19-15(12-4-2-1-3-5-12)10-17(31-19)16-11-18(28-27-16)26-20(30)25-13-6-8-14(29)9-7-13/h1-11,29H,(H3,25,26,27,28,30). The topological polar surface area (TPSA) is 90.0 Å². The number of phenols is 1. The quantitative estimate of drug-likeness (QED) is 0.284. The molecule has 0 atom stereocenters. The number of hydrogen-bond acceptors (Lipinski definition) is 4. The predicted octanol–water partition coefficient (Wildman–Crippen LogP) is 6.17. The molecule has 0 unspecified atom stereocenters. The van der Waals surface area contributed by atoms with Crippen LogP contribution in [0, 0.1) is 0 Å². The number of H-pyrrole nitrogens is 1. The van der Waals surface area contributed by atoms with Crippen LogP contribution in [-0.4, -0.2) is 21.3 Å². The monoisotopic (exact) mass is 444 g/mol. The van der Waals surface area contributed by atoms with Crippen LogP contribution in [0.15, 0.2) is 66.7 Å². The number of halogens is 3. The Labute approximate surface area is 178 Å². The Morgan fingerprint density at radius 2 is 1.71 bits per heavy atom. The van der Waals surface area contributed by atoms with E-state index in [4.69, 9.17) is 0 Å². The molecule has 158 valence electrons. The van der Waals surface area contributed by atoms with Crippen molar-refractivity contribution in [3.63, 3.8) is 0 Å².